The molecule has 1 radical (unpaired) electrons. The molecular formula is C7H4NOS. The van der Waals surface area contributed by atoms with E-state index in [1.807, 2.05) is 0 Å². The van der Waals surface area contributed by atoms with Crippen molar-refractivity contribution in [1.82, 2.24) is 4.98 Å². The maximum atomic E-state index is 10.8. The largest absolute Gasteiger partial charge is 0.290 e. The first-order valence-electron chi connectivity index (χ1n) is 2.86. The van der Waals surface area contributed by atoms with Crippen molar-refractivity contribution >= 4 is 21.6 Å². The highest BCUT2D eigenvalue weighted by molar-refractivity contribution is 7.16. The molecule has 0 amide bonds. The van der Waals surface area contributed by atoms with Gasteiger partial charge in [-0.1, -0.05) is 0 Å². The van der Waals surface area contributed by atoms with Crippen LogP contribution in [0.3, 0.4) is 0 Å². The van der Waals surface area contributed by atoms with Gasteiger partial charge in [0.2, 0.25) is 0 Å². The predicted molar refractivity (Wildman–Crippen MR) is 39.8 cm³/mol. The minimum atomic E-state index is 0.0525. The van der Waals surface area contributed by atoms with Gasteiger partial charge in [0, 0.05) is 6.07 Å². The normalized spacial score (nSPS) is 10.4. The molecule has 1 aromatic heterocycles. The molecule has 2 rings (SSSR count). The second-order valence-corrected chi connectivity index (χ2v) is 2.87. The lowest BCUT2D eigenvalue weighted by molar-refractivity contribution is 0.355. The molecule has 0 saturated heterocycles. The lowest BCUT2D eigenvalue weighted by Crippen LogP contribution is -1.63. The van der Waals surface area contributed by atoms with Gasteiger partial charge in [-0.15, -0.1) is 11.3 Å². The number of nitrogens with zero attached hydrogens (tertiary/aromatic N) is 1. The molecule has 0 unspecified atom stereocenters. The molecule has 1 aromatic carbocycles. The van der Waals surface area contributed by atoms with Gasteiger partial charge in [0.15, 0.2) is 5.75 Å². The standard InChI is InChI=1S/C7H4NOS/c9-5-1-2-6-7(3-5)10-4-8-6/h1-4H. The third kappa shape index (κ3) is 0.752. The number of aromatic nitrogens is 1. The fraction of sp³-hybridized carbons (Fsp3) is 0. The van der Waals surface area contributed by atoms with Crippen LogP contribution in [0.1, 0.15) is 0 Å². The molecule has 3 heteroatoms. The van der Waals surface area contributed by atoms with Gasteiger partial charge in [0.25, 0.3) is 0 Å². The number of hydrogen-bond donors (Lipinski definition) is 0. The molecule has 2 aromatic rings. The second kappa shape index (κ2) is 1.95. The van der Waals surface area contributed by atoms with Crippen LogP contribution >= 0.6 is 11.3 Å². The van der Waals surface area contributed by atoms with Crippen LogP contribution in [-0.4, -0.2) is 4.98 Å². The molecule has 10 heavy (non-hydrogen) atoms. The maximum absolute atomic E-state index is 10.8. The van der Waals surface area contributed by atoms with E-state index in [1.54, 1.807) is 17.6 Å². The number of benzene rings is 1. The number of rotatable bonds is 0. The summed E-state index contributed by atoms with van der Waals surface area (Å²) >= 11 is 1.49. The van der Waals surface area contributed by atoms with Gasteiger partial charge in [-0.05, 0) is 12.1 Å². The highest BCUT2D eigenvalue weighted by Gasteiger charge is 1.96. The molecule has 0 spiro atoms. The van der Waals surface area contributed by atoms with Crippen LogP contribution in [0.2, 0.25) is 0 Å². The maximum Gasteiger partial charge on any atom is 0.180 e. The Bertz CT molecular complexity index is 355. The van der Waals surface area contributed by atoms with Crippen molar-refractivity contribution in [2.75, 3.05) is 0 Å². The quantitative estimate of drug-likeness (QED) is 0.567. The van der Waals surface area contributed by atoms with Crippen molar-refractivity contribution in [2.24, 2.45) is 0 Å². The second-order valence-electron chi connectivity index (χ2n) is 1.98. The molecule has 0 aliphatic heterocycles. The topological polar surface area (TPSA) is 32.8 Å². The smallest absolute Gasteiger partial charge is 0.180 e. The van der Waals surface area contributed by atoms with Gasteiger partial charge < -0.3 is 0 Å². The zero-order valence-corrected chi connectivity index (χ0v) is 5.89. The Labute approximate surface area is 61.8 Å². The Kier molecular flexibility index (Phi) is 1.11. The number of fused-ring (bicyclic) bond motifs is 1. The van der Waals surface area contributed by atoms with Gasteiger partial charge in [0.05, 0.1) is 15.7 Å². The molecule has 0 aliphatic rings. The lowest BCUT2D eigenvalue weighted by Gasteiger charge is -1.84. The van der Waals surface area contributed by atoms with Gasteiger partial charge in [-0.25, -0.2) is 4.98 Å². The Morgan fingerprint density at radius 2 is 2.30 bits per heavy atom. The predicted octanol–water partition coefficient (Wildman–Crippen LogP) is 2.44. The highest BCUT2D eigenvalue weighted by Crippen LogP contribution is 2.22. The van der Waals surface area contributed by atoms with Gasteiger partial charge in [0.1, 0.15) is 0 Å². The van der Waals surface area contributed by atoms with Crippen molar-refractivity contribution in [2.45, 2.75) is 0 Å². The SMILES string of the molecule is [O]c1ccc2ncsc2c1. The lowest BCUT2D eigenvalue weighted by atomic mass is 10.3. The molecule has 0 atom stereocenters. The molecule has 0 bridgehead atoms. The molecule has 0 saturated carbocycles. The van der Waals surface area contributed by atoms with E-state index < -0.39 is 0 Å². The van der Waals surface area contributed by atoms with Crippen LogP contribution in [-0.2, 0) is 5.11 Å². The van der Waals surface area contributed by atoms with Crippen LogP contribution in [0.5, 0.6) is 5.75 Å². The van der Waals surface area contributed by atoms with E-state index in [4.69, 9.17) is 0 Å². The van der Waals surface area contributed by atoms with Crippen molar-refractivity contribution < 1.29 is 5.11 Å². The molecule has 0 aliphatic carbocycles. The molecule has 2 nitrogen and oxygen atoms in total. The summed E-state index contributed by atoms with van der Waals surface area (Å²) in [5.74, 6) is 0.0525. The molecule has 49 valence electrons. The molecule has 0 N–H and O–H groups in total. The summed E-state index contributed by atoms with van der Waals surface area (Å²) < 4.78 is 0.965. The van der Waals surface area contributed by atoms with Gasteiger partial charge >= 0.3 is 0 Å². The van der Waals surface area contributed by atoms with Gasteiger partial charge in [-0.3, -0.25) is 5.11 Å². The Morgan fingerprint density at radius 3 is 3.20 bits per heavy atom. The minimum absolute atomic E-state index is 0.0525. The summed E-state index contributed by atoms with van der Waals surface area (Å²) in [5.41, 5.74) is 2.65. The van der Waals surface area contributed by atoms with E-state index in [0.29, 0.717) is 0 Å². The zero-order chi connectivity index (χ0) is 6.97. The molecule has 0 fully saturated rings. The zero-order valence-electron chi connectivity index (χ0n) is 5.07. The van der Waals surface area contributed by atoms with E-state index in [1.165, 1.54) is 17.4 Å². The van der Waals surface area contributed by atoms with E-state index in [0.717, 1.165) is 10.2 Å². The minimum Gasteiger partial charge on any atom is -0.290 e. The van der Waals surface area contributed by atoms with Gasteiger partial charge in [-0.2, -0.15) is 0 Å². The van der Waals surface area contributed by atoms with E-state index >= 15 is 0 Å². The van der Waals surface area contributed by atoms with E-state index in [9.17, 15) is 5.11 Å². The first kappa shape index (κ1) is 5.68. The summed E-state index contributed by atoms with van der Waals surface area (Å²) in [6.07, 6.45) is 0. The number of hydrogen-bond acceptors (Lipinski definition) is 2. The third-order valence-corrected chi connectivity index (χ3v) is 2.09. The monoisotopic (exact) mass is 150 g/mol. The van der Waals surface area contributed by atoms with Crippen molar-refractivity contribution in [3.63, 3.8) is 0 Å². The van der Waals surface area contributed by atoms with Crippen LogP contribution in [0, 0.1) is 0 Å². The van der Waals surface area contributed by atoms with Crippen LogP contribution in [0.15, 0.2) is 23.7 Å². The van der Waals surface area contributed by atoms with Crippen LogP contribution < -0.4 is 0 Å². The highest BCUT2D eigenvalue weighted by atomic mass is 32.1. The summed E-state index contributed by atoms with van der Waals surface area (Å²) in [4.78, 5) is 4.04. The molecule has 1 heterocycles. The first-order chi connectivity index (χ1) is 4.86. The Hall–Kier alpha value is -1.09. The van der Waals surface area contributed by atoms with Crippen LogP contribution in [0.4, 0.5) is 0 Å². The fourth-order valence-corrected chi connectivity index (χ4v) is 1.54. The summed E-state index contributed by atoms with van der Waals surface area (Å²) in [5, 5.41) is 10.8. The summed E-state index contributed by atoms with van der Waals surface area (Å²) in [6.45, 7) is 0. The van der Waals surface area contributed by atoms with Crippen LogP contribution in [0.25, 0.3) is 10.2 Å². The van der Waals surface area contributed by atoms with Crippen molar-refractivity contribution in [3.05, 3.63) is 23.7 Å². The average molecular weight is 150 g/mol. The summed E-state index contributed by atoms with van der Waals surface area (Å²) in [7, 11) is 0. The average Bonchev–Trinajstić information content (AvgIpc) is 2.33. The Morgan fingerprint density at radius 1 is 1.40 bits per heavy atom. The Balaban J connectivity index is 2.86. The third-order valence-electron chi connectivity index (χ3n) is 1.30. The van der Waals surface area contributed by atoms with Crippen molar-refractivity contribution in [3.8, 4) is 5.75 Å². The number of thiazole rings is 1. The first-order valence-corrected chi connectivity index (χ1v) is 3.74. The van der Waals surface area contributed by atoms with E-state index in [2.05, 4.69) is 4.98 Å². The van der Waals surface area contributed by atoms with Crippen molar-refractivity contribution in [1.29, 1.82) is 0 Å². The summed E-state index contributed by atoms with van der Waals surface area (Å²) in [6, 6.07) is 4.88. The van der Waals surface area contributed by atoms with E-state index in [-0.39, 0.29) is 5.75 Å². The fourth-order valence-electron chi connectivity index (χ4n) is 0.835. The molecular weight excluding hydrogens is 146 g/mol.